The molecule has 0 spiro atoms. The van der Waals surface area contributed by atoms with Crippen molar-refractivity contribution < 1.29 is 4.74 Å². The lowest BCUT2D eigenvalue weighted by atomic mass is 9.96. The number of hydrogen-bond acceptors (Lipinski definition) is 3. The molecule has 2 rings (SSSR count). The van der Waals surface area contributed by atoms with Crippen LogP contribution in [0.15, 0.2) is 18.2 Å². The average Bonchev–Trinajstić information content (AvgIpc) is 2.73. The van der Waals surface area contributed by atoms with E-state index in [1.807, 2.05) is 6.07 Å². The van der Waals surface area contributed by atoms with E-state index in [1.165, 1.54) is 37.8 Å². The molecule has 118 valence electrons. The first-order valence-electron chi connectivity index (χ1n) is 8.51. The first-order valence-corrected chi connectivity index (χ1v) is 8.51. The summed E-state index contributed by atoms with van der Waals surface area (Å²) >= 11 is 0. The summed E-state index contributed by atoms with van der Waals surface area (Å²) in [5, 5.41) is 0. The summed E-state index contributed by atoms with van der Waals surface area (Å²) in [6.45, 7) is 7.44. The number of anilines is 2. The zero-order chi connectivity index (χ0) is 15.1. The zero-order valence-corrected chi connectivity index (χ0v) is 13.6. The van der Waals surface area contributed by atoms with Crippen molar-refractivity contribution in [2.24, 2.45) is 5.92 Å². The summed E-state index contributed by atoms with van der Waals surface area (Å²) in [5.74, 6) is 1.74. The molecule has 2 N–H and O–H groups in total. The van der Waals surface area contributed by atoms with E-state index in [2.05, 4.69) is 30.9 Å². The Morgan fingerprint density at radius 3 is 2.81 bits per heavy atom. The van der Waals surface area contributed by atoms with Crippen LogP contribution in [0.3, 0.4) is 0 Å². The van der Waals surface area contributed by atoms with Crippen LogP contribution in [0.2, 0.25) is 0 Å². The molecule has 21 heavy (non-hydrogen) atoms. The van der Waals surface area contributed by atoms with Crippen LogP contribution in [0.1, 0.15) is 52.4 Å². The fourth-order valence-corrected chi connectivity index (χ4v) is 3.18. The standard InChI is InChI=1S/C18H30N2O/c1-3-6-15-7-5-11-20(12-10-15)16-8-9-17(19)18(14-16)21-13-4-2/h8-9,14-15H,3-7,10-13,19H2,1-2H3. The number of benzene rings is 1. The van der Waals surface area contributed by atoms with Crippen molar-refractivity contribution in [2.75, 3.05) is 30.3 Å². The number of nitrogens with zero attached hydrogens (tertiary/aromatic N) is 1. The van der Waals surface area contributed by atoms with Gasteiger partial charge in [0, 0.05) is 24.8 Å². The number of rotatable bonds is 6. The third-order valence-corrected chi connectivity index (χ3v) is 4.37. The highest BCUT2D eigenvalue weighted by Crippen LogP contribution is 2.30. The van der Waals surface area contributed by atoms with Crippen LogP contribution in [-0.4, -0.2) is 19.7 Å². The van der Waals surface area contributed by atoms with Crippen molar-refractivity contribution in [1.82, 2.24) is 0 Å². The molecule has 1 saturated heterocycles. The Morgan fingerprint density at radius 1 is 1.19 bits per heavy atom. The molecule has 0 radical (unpaired) electrons. The minimum atomic E-state index is 0.728. The summed E-state index contributed by atoms with van der Waals surface area (Å²) in [5.41, 5.74) is 8.01. The fraction of sp³-hybridized carbons (Fsp3) is 0.667. The Balaban J connectivity index is 2.03. The van der Waals surface area contributed by atoms with Crippen molar-refractivity contribution in [2.45, 2.75) is 52.4 Å². The molecular formula is C18H30N2O. The van der Waals surface area contributed by atoms with Crippen molar-refractivity contribution in [3.05, 3.63) is 18.2 Å². The number of nitrogen functional groups attached to an aromatic ring is 1. The van der Waals surface area contributed by atoms with Gasteiger partial charge in [0.1, 0.15) is 5.75 Å². The molecule has 1 unspecified atom stereocenters. The van der Waals surface area contributed by atoms with E-state index in [9.17, 15) is 0 Å². The summed E-state index contributed by atoms with van der Waals surface area (Å²) in [6, 6.07) is 6.23. The Bertz CT molecular complexity index is 433. The SMILES string of the molecule is CCCOc1cc(N2CCCC(CCC)CC2)ccc1N. The van der Waals surface area contributed by atoms with Gasteiger partial charge in [-0.2, -0.15) is 0 Å². The van der Waals surface area contributed by atoms with Crippen LogP contribution in [0.4, 0.5) is 11.4 Å². The third-order valence-electron chi connectivity index (χ3n) is 4.37. The molecule has 3 nitrogen and oxygen atoms in total. The first kappa shape index (κ1) is 16.0. The molecule has 1 heterocycles. The van der Waals surface area contributed by atoms with E-state index >= 15 is 0 Å². The lowest BCUT2D eigenvalue weighted by Crippen LogP contribution is -2.24. The topological polar surface area (TPSA) is 38.5 Å². The molecule has 1 aliphatic rings. The van der Waals surface area contributed by atoms with Gasteiger partial charge in [0.15, 0.2) is 0 Å². The van der Waals surface area contributed by atoms with Crippen LogP contribution in [-0.2, 0) is 0 Å². The lowest BCUT2D eigenvalue weighted by molar-refractivity contribution is 0.319. The van der Waals surface area contributed by atoms with E-state index in [0.717, 1.165) is 43.5 Å². The van der Waals surface area contributed by atoms with Gasteiger partial charge >= 0.3 is 0 Å². The van der Waals surface area contributed by atoms with E-state index in [0.29, 0.717) is 0 Å². The highest BCUT2D eigenvalue weighted by molar-refractivity contribution is 5.62. The molecule has 1 fully saturated rings. The molecular weight excluding hydrogens is 260 g/mol. The van der Waals surface area contributed by atoms with Crippen molar-refractivity contribution in [3.63, 3.8) is 0 Å². The molecule has 3 heteroatoms. The maximum Gasteiger partial charge on any atom is 0.144 e. The molecule has 1 aromatic rings. The van der Waals surface area contributed by atoms with Gasteiger partial charge in [-0.05, 0) is 43.7 Å². The van der Waals surface area contributed by atoms with Gasteiger partial charge in [0.25, 0.3) is 0 Å². The van der Waals surface area contributed by atoms with E-state index < -0.39 is 0 Å². The molecule has 0 bridgehead atoms. The van der Waals surface area contributed by atoms with Crippen molar-refractivity contribution >= 4 is 11.4 Å². The fourth-order valence-electron chi connectivity index (χ4n) is 3.18. The molecule has 0 saturated carbocycles. The van der Waals surface area contributed by atoms with Crippen molar-refractivity contribution in [1.29, 1.82) is 0 Å². The normalized spacial score (nSPS) is 19.3. The summed E-state index contributed by atoms with van der Waals surface area (Å²) in [4.78, 5) is 2.49. The summed E-state index contributed by atoms with van der Waals surface area (Å²) < 4.78 is 5.76. The minimum absolute atomic E-state index is 0.728. The highest BCUT2D eigenvalue weighted by atomic mass is 16.5. The van der Waals surface area contributed by atoms with Gasteiger partial charge < -0.3 is 15.4 Å². The maximum absolute atomic E-state index is 6.01. The molecule has 1 atom stereocenters. The van der Waals surface area contributed by atoms with E-state index in [-0.39, 0.29) is 0 Å². The second-order valence-electron chi connectivity index (χ2n) is 6.14. The van der Waals surface area contributed by atoms with E-state index in [4.69, 9.17) is 10.5 Å². The third kappa shape index (κ3) is 4.55. The van der Waals surface area contributed by atoms with Gasteiger partial charge in [0.2, 0.25) is 0 Å². The highest BCUT2D eigenvalue weighted by Gasteiger charge is 2.17. The van der Waals surface area contributed by atoms with E-state index in [1.54, 1.807) is 0 Å². The monoisotopic (exact) mass is 290 g/mol. The molecule has 1 aliphatic heterocycles. The Morgan fingerprint density at radius 2 is 2.05 bits per heavy atom. The van der Waals surface area contributed by atoms with Gasteiger partial charge in [0.05, 0.1) is 12.3 Å². The Hall–Kier alpha value is -1.38. The number of hydrogen-bond donors (Lipinski definition) is 1. The minimum Gasteiger partial charge on any atom is -0.491 e. The van der Waals surface area contributed by atoms with Crippen LogP contribution in [0, 0.1) is 5.92 Å². The Labute approximate surface area is 129 Å². The smallest absolute Gasteiger partial charge is 0.144 e. The molecule has 0 aromatic heterocycles. The predicted molar refractivity (Wildman–Crippen MR) is 91.1 cm³/mol. The van der Waals surface area contributed by atoms with Crippen LogP contribution >= 0.6 is 0 Å². The predicted octanol–water partition coefficient (Wildman–Crippen LogP) is 4.46. The Kier molecular flexibility index (Phi) is 6.21. The molecule has 0 aliphatic carbocycles. The molecule has 0 amide bonds. The van der Waals surface area contributed by atoms with Crippen molar-refractivity contribution in [3.8, 4) is 5.75 Å². The van der Waals surface area contributed by atoms with Crippen LogP contribution in [0.25, 0.3) is 0 Å². The average molecular weight is 290 g/mol. The summed E-state index contributed by atoms with van der Waals surface area (Å²) in [7, 11) is 0. The van der Waals surface area contributed by atoms with Crippen LogP contribution in [0.5, 0.6) is 5.75 Å². The number of nitrogens with two attached hydrogens (primary N) is 1. The van der Waals surface area contributed by atoms with Gasteiger partial charge in [-0.15, -0.1) is 0 Å². The van der Waals surface area contributed by atoms with Gasteiger partial charge in [-0.1, -0.05) is 26.7 Å². The second kappa shape index (κ2) is 8.16. The van der Waals surface area contributed by atoms with Gasteiger partial charge in [-0.25, -0.2) is 0 Å². The summed E-state index contributed by atoms with van der Waals surface area (Å²) in [6.07, 6.45) is 7.66. The largest absolute Gasteiger partial charge is 0.491 e. The lowest BCUT2D eigenvalue weighted by Gasteiger charge is -2.24. The van der Waals surface area contributed by atoms with Crippen LogP contribution < -0.4 is 15.4 Å². The second-order valence-corrected chi connectivity index (χ2v) is 6.14. The molecule has 1 aromatic carbocycles. The number of ether oxygens (including phenoxy) is 1. The quantitative estimate of drug-likeness (QED) is 0.786. The first-order chi connectivity index (χ1) is 10.2. The maximum atomic E-state index is 6.01. The van der Waals surface area contributed by atoms with Gasteiger partial charge in [-0.3, -0.25) is 0 Å². The zero-order valence-electron chi connectivity index (χ0n) is 13.6.